The fourth-order valence-electron chi connectivity index (χ4n) is 2.77. The molecule has 0 unspecified atom stereocenters. The van der Waals surface area contributed by atoms with E-state index in [-0.39, 0.29) is 19.0 Å². The number of hydrogen-bond donors (Lipinski definition) is 2. The van der Waals surface area contributed by atoms with Crippen LogP contribution in [0, 0.1) is 0 Å². The normalized spacial score (nSPS) is 11.5. The topological polar surface area (TPSA) is 166 Å². The second kappa shape index (κ2) is 20.8. The molecule has 216 valence electrons. The predicted octanol–water partition coefficient (Wildman–Crippen LogP) is 0.940. The number of aromatic nitrogens is 1. The van der Waals surface area contributed by atoms with E-state index < -0.39 is 10.1 Å². The lowest BCUT2D eigenvalue weighted by Crippen LogP contribution is -2.31. The molecule has 0 aliphatic heterocycles. The highest BCUT2D eigenvalue weighted by Gasteiger charge is 2.11. The summed E-state index contributed by atoms with van der Waals surface area (Å²) in [7, 11) is -3.71. The molecule has 1 heterocycles. The summed E-state index contributed by atoms with van der Waals surface area (Å²) in [5, 5.41) is 38.2. The Morgan fingerprint density at radius 1 is 0.921 bits per heavy atom. The second-order valence-electron chi connectivity index (χ2n) is 7.37. The van der Waals surface area contributed by atoms with E-state index in [0.29, 0.717) is 52.7 Å². The molecule has 0 aliphatic rings. The summed E-state index contributed by atoms with van der Waals surface area (Å²) in [5.74, 6) is -0.267. The van der Waals surface area contributed by atoms with Crippen LogP contribution in [0.5, 0.6) is 0 Å². The lowest BCUT2D eigenvalue weighted by atomic mass is 10.2. The number of rotatable bonds is 19. The molecule has 0 bridgehead atoms. The van der Waals surface area contributed by atoms with Crippen LogP contribution in [0.1, 0.15) is 13.8 Å². The highest BCUT2D eigenvalue weighted by molar-refractivity contribution is 7.86. The molecule has 15 heteroatoms. The van der Waals surface area contributed by atoms with Gasteiger partial charge < -0.3 is 38.9 Å². The molecule has 13 nitrogen and oxygen atoms in total. The molecule has 2 aromatic rings. The number of hydrogen-bond acceptors (Lipinski definition) is 13. The van der Waals surface area contributed by atoms with Crippen LogP contribution < -0.4 is 14.7 Å². The van der Waals surface area contributed by atoms with Gasteiger partial charge in [0, 0.05) is 24.2 Å². The van der Waals surface area contributed by atoms with Crippen LogP contribution in [-0.4, -0.2) is 90.3 Å². The van der Waals surface area contributed by atoms with Crippen LogP contribution in [0.25, 0.3) is 0 Å². The highest BCUT2D eigenvalue weighted by atomic mass is 32.2. The SMILES string of the molecule is CCS(=O)(=O)O[O-].CC[n+]1ccsc1N=Nc1ccc(N(CCOCCO)CCOCCOCCO)cc1. The summed E-state index contributed by atoms with van der Waals surface area (Å²) in [4.78, 5) is 2.16. The number of ether oxygens (including phenoxy) is 3. The number of benzene rings is 1. The van der Waals surface area contributed by atoms with Gasteiger partial charge in [-0.1, -0.05) is 0 Å². The number of aliphatic hydroxyl groups is 2. The van der Waals surface area contributed by atoms with Crippen molar-refractivity contribution in [3.8, 4) is 0 Å². The van der Waals surface area contributed by atoms with E-state index in [1.165, 1.54) is 6.92 Å². The van der Waals surface area contributed by atoms with Gasteiger partial charge in [0.25, 0.3) is 10.1 Å². The van der Waals surface area contributed by atoms with Crippen molar-refractivity contribution in [2.75, 3.05) is 76.6 Å². The summed E-state index contributed by atoms with van der Waals surface area (Å²) in [6.07, 6.45) is 2.00. The molecule has 0 radical (unpaired) electrons. The molecule has 2 N–H and O–H groups in total. The third kappa shape index (κ3) is 14.8. The Labute approximate surface area is 227 Å². The highest BCUT2D eigenvalue weighted by Crippen LogP contribution is 2.22. The smallest absolute Gasteiger partial charge is 0.408 e. The Morgan fingerprint density at radius 2 is 1.50 bits per heavy atom. The van der Waals surface area contributed by atoms with Gasteiger partial charge in [0.2, 0.25) is 0 Å². The molecule has 1 aromatic heterocycles. The number of aryl methyl sites for hydroxylation is 1. The van der Waals surface area contributed by atoms with E-state index >= 15 is 0 Å². The van der Waals surface area contributed by atoms with Crippen LogP contribution in [0.4, 0.5) is 16.5 Å². The number of aliphatic hydroxyl groups excluding tert-OH is 2. The minimum absolute atomic E-state index is 0.0128. The Hall–Kier alpha value is -2.08. The lowest BCUT2D eigenvalue weighted by molar-refractivity contribution is -0.676. The van der Waals surface area contributed by atoms with E-state index in [2.05, 4.69) is 26.4 Å². The third-order valence-corrected chi connectivity index (χ3v) is 6.48. The minimum Gasteiger partial charge on any atom is -0.707 e. The van der Waals surface area contributed by atoms with Gasteiger partial charge >= 0.3 is 5.13 Å². The van der Waals surface area contributed by atoms with Crippen molar-refractivity contribution in [3.63, 3.8) is 0 Å². The van der Waals surface area contributed by atoms with Gasteiger partial charge in [0.1, 0.15) is 11.9 Å². The maximum atomic E-state index is 9.83. The fourth-order valence-corrected chi connectivity index (χ4v) is 3.61. The molecular weight excluding hydrogens is 540 g/mol. The average Bonchev–Trinajstić information content (AvgIpc) is 3.41. The molecule has 0 saturated carbocycles. The number of anilines is 1. The van der Waals surface area contributed by atoms with E-state index in [1.807, 2.05) is 40.4 Å². The van der Waals surface area contributed by atoms with Crippen molar-refractivity contribution in [1.82, 2.24) is 0 Å². The molecule has 0 atom stereocenters. The van der Waals surface area contributed by atoms with Gasteiger partial charge in [-0.3, -0.25) is 0 Å². The van der Waals surface area contributed by atoms with E-state index in [0.717, 1.165) is 23.1 Å². The molecule has 0 spiro atoms. The minimum atomic E-state index is -3.71. The van der Waals surface area contributed by atoms with Crippen molar-refractivity contribution in [3.05, 3.63) is 35.8 Å². The van der Waals surface area contributed by atoms with Gasteiger partial charge in [-0.05, 0) is 54.6 Å². The van der Waals surface area contributed by atoms with Gasteiger partial charge in [0.15, 0.2) is 0 Å². The van der Waals surface area contributed by atoms with E-state index in [4.69, 9.17) is 29.7 Å². The van der Waals surface area contributed by atoms with Crippen molar-refractivity contribution < 1.29 is 47.0 Å². The number of nitrogens with zero attached hydrogens (tertiary/aromatic N) is 4. The maximum absolute atomic E-state index is 9.83. The number of thiazole rings is 1. The average molecular weight is 579 g/mol. The van der Waals surface area contributed by atoms with Crippen LogP contribution in [0.15, 0.2) is 46.1 Å². The first-order valence-electron chi connectivity index (χ1n) is 12.1. The Kier molecular flexibility index (Phi) is 18.6. The van der Waals surface area contributed by atoms with E-state index in [1.54, 1.807) is 11.3 Å². The summed E-state index contributed by atoms with van der Waals surface area (Å²) in [6, 6.07) is 7.89. The van der Waals surface area contributed by atoms with Crippen LogP contribution in [0.2, 0.25) is 0 Å². The second-order valence-corrected chi connectivity index (χ2v) is 10.1. The maximum Gasteiger partial charge on any atom is 0.408 e. The molecular formula is C23H38N4O9S2. The summed E-state index contributed by atoms with van der Waals surface area (Å²) in [6.45, 7) is 8.30. The van der Waals surface area contributed by atoms with E-state index in [9.17, 15) is 8.42 Å². The Balaban J connectivity index is 0.000000905. The van der Waals surface area contributed by atoms with Gasteiger partial charge in [-0.25, -0.2) is 13.0 Å². The van der Waals surface area contributed by atoms with Gasteiger partial charge in [-0.2, -0.15) is 0 Å². The van der Waals surface area contributed by atoms with Gasteiger partial charge in [-0.15, -0.1) is 0 Å². The Morgan fingerprint density at radius 3 is 2.00 bits per heavy atom. The Bertz CT molecular complexity index is 979. The van der Waals surface area contributed by atoms with Crippen molar-refractivity contribution in [2.45, 2.75) is 20.4 Å². The molecule has 2 rings (SSSR count). The molecule has 0 saturated heterocycles. The summed E-state index contributed by atoms with van der Waals surface area (Å²) in [5.41, 5.74) is 1.82. The predicted molar refractivity (Wildman–Crippen MR) is 140 cm³/mol. The fraction of sp³-hybridized carbons (Fsp3) is 0.609. The zero-order valence-corrected chi connectivity index (χ0v) is 23.4. The monoisotopic (exact) mass is 578 g/mol. The molecule has 38 heavy (non-hydrogen) atoms. The first-order valence-corrected chi connectivity index (χ1v) is 14.6. The standard InChI is InChI=1S/C21H33N4O5S.C2H6O4S/c1-2-24-9-18-31-21(24)23-22-19-3-5-20(6-4-19)25(7-12-28-14-10-26)8-13-29-16-17-30-15-11-27;1-2-7(4,5)6-3/h3-6,9,18,26-27H,2,7-8,10-17H2,1H3;3H,2H2,1H3/q+1;/p-1. The van der Waals surface area contributed by atoms with Crippen molar-refractivity contribution in [1.29, 1.82) is 0 Å². The van der Waals surface area contributed by atoms with Crippen molar-refractivity contribution >= 4 is 38.0 Å². The molecule has 0 aliphatic carbocycles. The summed E-state index contributed by atoms with van der Waals surface area (Å²) >= 11 is 1.56. The first kappa shape index (κ1) is 33.9. The quantitative estimate of drug-likeness (QED) is 0.0805. The van der Waals surface area contributed by atoms with Crippen molar-refractivity contribution in [2.24, 2.45) is 10.2 Å². The third-order valence-electron chi connectivity index (χ3n) is 4.78. The summed E-state index contributed by atoms with van der Waals surface area (Å²) < 4.78 is 40.8. The van der Waals surface area contributed by atoms with Crippen LogP contribution >= 0.6 is 11.3 Å². The van der Waals surface area contributed by atoms with Crippen LogP contribution in [0.3, 0.4) is 0 Å². The number of azo groups is 1. The molecule has 0 amide bonds. The molecule has 1 aromatic carbocycles. The molecule has 0 fully saturated rings. The van der Waals surface area contributed by atoms with Crippen LogP contribution in [-0.2, 0) is 35.2 Å². The van der Waals surface area contributed by atoms with Gasteiger partial charge in [0.05, 0.1) is 70.3 Å². The first-order chi connectivity index (χ1) is 18.4. The largest absolute Gasteiger partial charge is 0.707 e. The lowest BCUT2D eigenvalue weighted by Gasteiger charge is -2.24. The zero-order valence-electron chi connectivity index (χ0n) is 21.8. The zero-order chi connectivity index (χ0) is 28.1.